The molecule has 2 rings (SSSR count). The van der Waals surface area contributed by atoms with Crippen molar-refractivity contribution in [3.63, 3.8) is 0 Å². The summed E-state index contributed by atoms with van der Waals surface area (Å²) in [6, 6.07) is 6.70. The summed E-state index contributed by atoms with van der Waals surface area (Å²) in [5.74, 6) is 0.239. The highest BCUT2D eigenvalue weighted by Gasteiger charge is 2.26. The predicted octanol–water partition coefficient (Wildman–Crippen LogP) is 1.36. The lowest BCUT2D eigenvalue weighted by Crippen LogP contribution is -2.40. The molecule has 0 unspecified atom stereocenters. The van der Waals surface area contributed by atoms with Crippen molar-refractivity contribution in [1.82, 2.24) is 5.32 Å². The molecular weight excluding hydrogens is 305 g/mol. The third-order valence-electron chi connectivity index (χ3n) is 4.41. The molecule has 6 heteroatoms. The van der Waals surface area contributed by atoms with E-state index in [4.69, 9.17) is 14.8 Å². The third kappa shape index (κ3) is 5.93. The maximum Gasteiger partial charge on any atom is 0.488 e. The van der Waals surface area contributed by atoms with Gasteiger partial charge in [-0.25, -0.2) is 0 Å². The topological polar surface area (TPSA) is 78.8 Å². The molecule has 132 valence electrons. The Balaban J connectivity index is 1.90. The number of rotatable bonds is 8. The Labute approximate surface area is 144 Å². The molecule has 0 radical (unpaired) electrons. The van der Waals surface area contributed by atoms with Crippen molar-refractivity contribution in [2.45, 2.75) is 64.6 Å². The number of esters is 1. The minimum Gasteiger partial charge on any atom is -0.461 e. The molecule has 0 saturated heterocycles. The van der Waals surface area contributed by atoms with Gasteiger partial charge in [-0.2, -0.15) is 0 Å². The van der Waals surface area contributed by atoms with Crippen molar-refractivity contribution in [1.29, 1.82) is 0 Å². The van der Waals surface area contributed by atoms with Gasteiger partial charge in [0.1, 0.15) is 12.1 Å². The molecule has 5 nitrogen and oxygen atoms in total. The lowest BCUT2D eigenvalue weighted by atomic mass is 9.80. The first-order valence-corrected chi connectivity index (χ1v) is 8.84. The molecule has 1 aliphatic carbocycles. The molecule has 0 bridgehead atoms. The third-order valence-corrected chi connectivity index (χ3v) is 4.41. The molecule has 0 aliphatic heterocycles. The summed E-state index contributed by atoms with van der Waals surface area (Å²) < 4.78 is 5.65. The van der Waals surface area contributed by atoms with Crippen LogP contribution in [0.15, 0.2) is 24.3 Å². The van der Waals surface area contributed by atoms with Gasteiger partial charge in [0.25, 0.3) is 0 Å². The van der Waals surface area contributed by atoms with Crippen LogP contribution in [-0.2, 0) is 16.1 Å². The molecule has 3 N–H and O–H groups in total. The van der Waals surface area contributed by atoms with Crippen LogP contribution in [0.2, 0.25) is 0 Å². The fraction of sp³-hybridized carbons (Fsp3) is 0.611. The van der Waals surface area contributed by atoms with Gasteiger partial charge in [-0.3, -0.25) is 4.79 Å². The summed E-state index contributed by atoms with van der Waals surface area (Å²) in [7, 11) is -1.46. The molecule has 1 atom stereocenters. The number of benzene rings is 1. The molecule has 1 aliphatic rings. The van der Waals surface area contributed by atoms with Crippen LogP contribution in [0, 0.1) is 5.92 Å². The van der Waals surface area contributed by atoms with E-state index in [2.05, 4.69) is 19.2 Å². The van der Waals surface area contributed by atoms with Crippen molar-refractivity contribution in [2.75, 3.05) is 0 Å². The zero-order valence-corrected chi connectivity index (χ0v) is 14.6. The second-order valence-electron chi connectivity index (χ2n) is 7.02. The molecule has 0 heterocycles. The second-order valence-corrected chi connectivity index (χ2v) is 7.02. The Morgan fingerprint density at radius 2 is 1.88 bits per heavy atom. The van der Waals surface area contributed by atoms with Crippen molar-refractivity contribution in [2.24, 2.45) is 5.92 Å². The number of carbonyl (C=O) groups excluding carboxylic acids is 1. The first-order valence-electron chi connectivity index (χ1n) is 8.84. The van der Waals surface area contributed by atoms with Gasteiger partial charge < -0.3 is 20.1 Å². The van der Waals surface area contributed by atoms with E-state index in [1.165, 1.54) is 0 Å². The summed E-state index contributed by atoms with van der Waals surface area (Å²) in [5, 5.41) is 21.5. The highest BCUT2D eigenvalue weighted by atomic mass is 16.5. The standard InChI is InChI=1S/C18H28BNO4/c1-13(2)11-17(18(21)24-16-5-3-4-6-16)20-12-14-7-9-15(10-8-14)19(22)23/h7-10,13,16-17,20,22-23H,3-6,11-12H2,1-2H3/t17-/m0/s1. The van der Waals surface area contributed by atoms with Crippen LogP contribution in [0.5, 0.6) is 0 Å². The van der Waals surface area contributed by atoms with Gasteiger partial charge >= 0.3 is 13.1 Å². The Morgan fingerprint density at radius 3 is 2.42 bits per heavy atom. The van der Waals surface area contributed by atoms with E-state index < -0.39 is 7.12 Å². The predicted molar refractivity (Wildman–Crippen MR) is 94.7 cm³/mol. The summed E-state index contributed by atoms with van der Waals surface area (Å²) >= 11 is 0. The van der Waals surface area contributed by atoms with Crippen LogP contribution in [0.1, 0.15) is 51.5 Å². The zero-order valence-electron chi connectivity index (χ0n) is 14.6. The monoisotopic (exact) mass is 333 g/mol. The number of hydrogen-bond acceptors (Lipinski definition) is 5. The number of ether oxygens (including phenoxy) is 1. The molecule has 1 aromatic rings. The molecule has 1 saturated carbocycles. The molecule has 0 aromatic heterocycles. The second kappa shape index (κ2) is 9.21. The Hall–Kier alpha value is -1.37. The maximum atomic E-state index is 12.4. The van der Waals surface area contributed by atoms with Crippen LogP contribution in [0.25, 0.3) is 0 Å². The lowest BCUT2D eigenvalue weighted by Gasteiger charge is -2.22. The first kappa shape index (κ1) is 19.0. The van der Waals surface area contributed by atoms with Crippen molar-refractivity contribution < 1.29 is 19.6 Å². The summed E-state index contributed by atoms with van der Waals surface area (Å²) in [6.07, 6.45) is 5.06. The highest BCUT2D eigenvalue weighted by Crippen LogP contribution is 2.22. The van der Waals surface area contributed by atoms with Crippen LogP contribution in [0.4, 0.5) is 0 Å². The molecule has 0 spiro atoms. The molecule has 0 amide bonds. The Morgan fingerprint density at radius 1 is 1.25 bits per heavy atom. The van der Waals surface area contributed by atoms with Gasteiger partial charge in [-0.05, 0) is 49.0 Å². The van der Waals surface area contributed by atoms with Crippen LogP contribution >= 0.6 is 0 Å². The minimum atomic E-state index is -1.46. The number of carbonyl (C=O) groups is 1. The van der Waals surface area contributed by atoms with Crippen molar-refractivity contribution in [3.05, 3.63) is 29.8 Å². The maximum absolute atomic E-state index is 12.4. The zero-order chi connectivity index (χ0) is 17.5. The summed E-state index contributed by atoms with van der Waals surface area (Å²) in [4.78, 5) is 12.4. The summed E-state index contributed by atoms with van der Waals surface area (Å²) in [6.45, 7) is 4.73. The van der Waals surface area contributed by atoms with Gasteiger partial charge in [0.2, 0.25) is 0 Å². The molecule has 1 aromatic carbocycles. The summed E-state index contributed by atoms with van der Waals surface area (Å²) in [5.41, 5.74) is 1.44. The minimum absolute atomic E-state index is 0.0827. The van der Waals surface area contributed by atoms with E-state index in [1.807, 2.05) is 12.1 Å². The largest absolute Gasteiger partial charge is 0.488 e. The van der Waals surface area contributed by atoms with Crippen molar-refractivity contribution in [3.8, 4) is 0 Å². The van der Waals surface area contributed by atoms with Crippen molar-refractivity contribution >= 4 is 18.6 Å². The van der Waals surface area contributed by atoms with E-state index in [1.54, 1.807) is 12.1 Å². The van der Waals surface area contributed by atoms with Gasteiger partial charge in [0.05, 0.1) is 0 Å². The van der Waals surface area contributed by atoms with E-state index >= 15 is 0 Å². The molecule has 24 heavy (non-hydrogen) atoms. The van der Waals surface area contributed by atoms with E-state index in [0.29, 0.717) is 17.9 Å². The van der Waals surface area contributed by atoms with Gasteiger partial charge in [-0.1, -0.05) is 38.1 Å². The fourth-order valence-electron chi connectivity index (χ4n) is 3.04. The van der Waals surface area contributed by atoms with Crippen LogP contribution in [-0.4, -0.2) is 35.3 Å². The lowest BCUT2D eigenvalue weighted by molar-refractivity contribution is -0.151. The molecule has 1 fully saturated rings. The quantitative estimate of drug-likeness (QED) is 0.494. The van der Waals surface area contributed by atoms with Gasteiger partial charge in [-0.15, -0.1) is 0 Å². The van der Waals surface area contributed by atoms with Gasteiger partial charge in [0.15, 0.2) is 0 Å². The van der Waals surface area contributed by atoms with E-state index in [0.717, 1.165) is 37.7 Å². The highest BCUT2D eigenvalue weighted by molar-refractivity contribution is 6.58. The van der Waals surface area contributed by atoms with E-state index in [-0.39, 0.29) is 18.1 Å². The average molecular weight is 333 g/mol. The number of hydrogen-bond donors (Lipinski definition) is 3. The average Bonchev–Trinajstić information content (AvgIpc) is 3.04. The Kier molecular flexibility index (Phi) is 7.27. The van der Waals surface area contributed by atoms with Crippen LogP contribution < -0.4 is 10.8 Å². The first-order chi connectivity index (χ1) is 11.5. The van der Waals surface area contributed by atoms with Crippen LogP contribution in [0.3, 0.4) is 0 Å². The molecular formula is C18H28BNO4. The Bertz CT molecular complexity index is 512. The SMILES string of the molecule is CC(C)C[C@H](NCc1ccc(B(O)O)cc1)C(=O)OC1CCCC1. The van der Waals surface area contributed by atoms with E-state index in [9.17, 15) is 4.79 Å². The fourth-order valence-corrected chi connectivity index (χ4v) is 3.04. The number of nitrogens with one attached hydrogen (secondary N) is 1. The smallest absolute Gasteiger partial charge is 0.461 e. The van der Waals surface area contributed by atoms with Gasteiger partial charge in [0, 0.05) is 6.54 Å². The normalized spacial score (nSPS) is 16.4.